The van der Waals surface area contributed by atoms with Crippen molar-refractivity contribution in [2.45, 2.75) is 46.1 Å². The molecule has 1 aliphatic rings. The van der Waals surface area contributed by atoms with E-state index in [2.05, 4.69) is 15.9 Å². The Hall–Kier alpha value is -2.58. The van der Waals surface area contributed by atoms with Crippen molar-refractivity contribution in [1.82, 2.24) is 4.90 Å². The first kappa shape index (κ1) is 22.1. The molecule has 2 N–H and O–H groups in total. The predicted molar refractivity (Wildman–Crippen MR) is 117 cm³/mol. The lowest BCUT2D eigenvalue weighted by molar-refractivity contribution is -0.152. The number of amides is 2. The molecule has 2 aromatic carbocycles. The van der Waals surface area contributed by atoms with Crippen LogP contribution in [0.3, 0.4) is 0 Å². The topological polar surface area (TPSA) is 90.3 Å². The number of carboxylic acids is 1. The molecule has 8 heteroatoms. The molecule has 0 radical (unpaired) electrons. The van der Waals surface area contributed by atoms with Crippen LogP contribution in [0.2, 0.25) is 0 Å². The largest absolute Gasteiger partial charge is 0.478 e. The van der Waals surface area contributed by atoms with Gasteiger partial charge in [-0.3, -0.25) is 9.80 Å². The van der Waals surface area contributed by atoms with E-state index in [0.29, 0.717) is 5.75 Å². The van der Waals surface area contributed by atoms with Crippen LogP contribution in [-0.4, -0.2) is 45.5 Å². The van der Waals surface area contributed by atoms with Crippen molar-refractivity contribution in [3.63, 3.8) is 0 Å². The molecule has 7 nitrogen and oxygen atoms in total. The van der Waals surface area contributed by atoms with Crippen LogP contribution in [0.5, 0.6) is 5.75 Å². The first-order chi connectivity index (χ1) is 14.0. The maximum absolute atomic E-state index is 12.9. The number of carbonyl (C=O) groups is 2. The summed E-state index contributed by atoms with van der Waals surface area (Å²) in [5.74, 6) is -0.542. The molecule has 160 valence electrons. The normalized spacial score (nSPS) is 16.9. The van der Waals surface area contributed by atoms with E-state index in [-0.39, 0.29) is 19.1 Å². The van der Waals surface area contributed by atoms with Gasteiger partial charge in [-0.2, -0.15) is 0 Å². The number of hydrogen-bond donors (Lipinski definition) is 2. The molecule has 1 aliphatic heterocycles. The minimum absolute atomic E-state index is 0.187. The van der Waals surface area contributed by atoms with Gasteiger partial charge in [-0.1, -0.05) is 28.1 Å². The van der Waals surface area contributed by atoms with E-state index in [1.807, 2.05) is 50.2 Å². The van der Waals surface area contributed by atoms with Gasteiger partial charge in [-0.25, -0.2) is 9.59 Å². The molecule has 1 unspecified atom stereocenters. The number of halogens is 1. The number of ether oxygens (including phenoxy) is 1. The summed E-state index contributed by atoms with van der Waals surface area (Å²) in [6.45, 7) is 7.08. The maximum atomic E-state index is 12.9. The van der Waals surface area contributed by atoms with Crippen LogP contribution >= 0.6 is 15.9 Å². The van der Waals surface area contributed by atoms with Crippen molar-refractivity contribution in [1.29, 1.82) is 0 Å². The summed E-state index contributed by atoms with van der Waals surface area (Å²) in [5.41, 5.74) is 1.73. The minimum Gasteiger partial charge on any atom is -0.478 e. The number of hydrogen-bond acceptors (Lipinski definition) is 4. The Balaban J connectivity index is 1.80. The standard InChI is InChI=1S/C22H25BrN2O5/c1-13-9-15(10-14(2)19(13)30-22(3,4)20(27)28)11-25-18(26)12-24(21(25)29)17-7-5-16(23)6-8-17/h5-10,18,26H,11-12H2,1-4H3,(H,27,28). The van der Waals surface area contributed by atoms with Crippen molar-refractivity contribution < 1.29 is 24.5 Å². The maximum Gasteiger partial charge on any atom is 0.347 e. The van der Waals surface area contributed by atoms with E-state index >= 15 is 0 Å². The fourth-order valence-electron chi connectivity index (χ4n) is 3.42. The Labute approximate surface area is 184 Å². The number of carbonyl (C=O) groups excluding carboxylic acids is 1. The van der Waals surface area contributed by atoms with E-state index in [9.17, 15) is 19.8 Å². The van der Waals surface area contributed by atoms with Gasteiger partial charge in [0, 0.05) is 10.2 Å². The van der Waals surface area contributed by atoms with Gasteiger partial charge in [-0.15, -0.1) is 0 Å². The molecular formula is C22H25BrN2O5. The molecule has 2 aromatic rings. The molecule has 0 aliphatic carbocycles. The quantitative estimate of drug-likeness (QED) is 0.655. The van der Waals surface area contributed by atoms with Crippen LogP contribution in [0, 0.1) is 13.8 Å². The third-order valence-electron chi connectivity index (χ3n) is 5.07. The summed E-state index contributed by atoms with van der Waals surface area (Å²) in [6, 6.07) is 10.8. The van der Waals surface area contributed by atoms with E-state index in [0.717, 1.165) is 26.9 Å². The average Bonchev–Trinajstić information content (AvgIpc) is 2.93. The number of anilines is 1. The molecule has 0 spiro atoms. The van der Waals surface area contributed by atoms with Crippen LogP contribution in [0.4, 0.5) is 10.5 Å². The van der Waals surface area contributed by atoms with Gasteiger partial charge < -0.3 is 14.9 Å². The summed E-state index contributed by atoms with van der Waals surface area (Å²) >= 11 is 3.38. The Morgan fingerprint density at radius 1 is 1.20 bits per heavy atom. The molecular weight excluding hydrogens is 452 g/mol. The monoisotopic (exact) mass is 476 g/mol. The van der Waals surface area contributed by atoms with E-state index in [1.54, 1.807) is 4.90 Å². The summed E-state index contributed by atoms with van der Waals surface area (Å²) in [7, 11) is 0. The number of β-amino-alcohol motifs (C(OH)–C–C–N with tert-alkyl or cyclic N) is 1. The average molecular weight is 477 g/mol. The van der Waals surface area contributed by atoms with Gasteiger partial charge in [0.25, 0.3) is 0 Å². The van der Waals surface area contributed by atoms with E-state index in [4.69, 9.17) is 4.74 Å². The zero-order chi connectivity index (χ0) is 22.2. The Kier molecular flexibility index (Phi) is 6.10. The van der Waals surface area contributed by atoms with Crippen LogP contribution < -0.4 is 9.64 Å². The third-order valence-corrected chi connectivity index (χ3v) is 5.59. The fraction of sp³-hybridized carbons (Fsp3) is 0.364. The Morgan fingerprint density at radius 3 is 2.30 bits per heavy atom. The molecule has 1 heterocycles. The first-order valence-electron chi connectivity index (χ1n) is 9.54. The van der Waals surface area contributed by atoms with Gasteiger partial charge in [-0.05, 0) is 68.7 Å². The number of nitrogens with zero attached hydrogens (tertiary/aromatic N) is 2. The minimum atomic E-state index is -1.36. The molecule has 1 fully saturated rings. The van der Waals surface area contributed by atoms with Gasteiger partial charge >= 0.3 is 12.0 Å². The van der Waals surface area contributed by atoms with Crippen molar-refractivity contribution in [2.75, 3.05) is 11.4 Å². The second-order valence-electron chi connectivity index (χ2n) is 7.95. The SMILES string of the molecule is Cc1cc(CN2C(=O)N(c3ccc(Br)cc3)CC2O)cc(C)c1OC(C)(C)C(=O)O. The van der Waals surface area contributed by atoms with Crippen LogP contribution in [0.1, 0.15) is 30.5 Å². The second kappa shape index (κ2) is 8.28. The van der Waals surface area contributed by atoms with E-state index < -0.39 is 17.8 Å². The number of aliphatic carboxylic acids is 1. The van der Waals surface area contributed by atoms with Crippen molar-refractivity contribution in [2.24, 2.45) is 0 Å². The van der Waals surface area contributed by atoms with Gasteiger partial charge in [0.05, 0.1) is 13.1 Å². The summed E-state index contributed by atoms with van der Waals surface area (Å²) in [4.78, 5) is 27.2. The second-order valence-corrected chi connectivity index (χ2v) is 8.87. The zero-order valence-electron chi connectivity index (χ0n) is 17.3. The number of aryl methyl sites for hydroxylation is 2. The lowest BCUT2D eigenvalue weighted by Crippen LogP contribution is -2.38. The number of carboxylic acid groups (broad SMARTS) is 1. The number of aliphatic hydroxyl groups excluding tert-OH is 1. The predicted octanol–water partition coefficient (Wildman–Crippen LogP) is 4.07. The van der Waals surface area contributed by atoms with Gasteiger partial charge in [0.1, 0.15) is 12.0 Å². The Morgan fingerprint density at radius 2 is 1.77 bits per heavy atom. The molecule has 2 amide bonds. The first-order valence-corrected chi connectivity index (χ1v) is 10.3. The van der Waals surface area contributed by atoms with Gasteiger partial charge in [0.15, 0.2) is 5.60 Å². The van der Waals surface area contributed by atoms with Crippen LogP contribution in [0.25, 0.3) is 0 Å². The summed E-state index contributed by atoms with van der Waals surface area (Å²) in [6.07, 6.45) is -0.927. The fourth-order valence-corrected chi connectivity index (χ4v) is 3.68. The van der Waals surface area contributed by atoms with Gasteiger partial charge in [0.2, 0.25) is 0 Å². The number of benzene rings is 2. The highest BCUT2D eigenvalue weighted by Crippen LogP contribution is 2.31. The number of rotatable bonds is 6. The summed E-state index contributed by atoms with van der Waals surface area (Å²) < 4.78 is 6.65. The van der Waals surface area contributed by atoms with Crippen molar-refractivity contribution in [3.05, 3.63) is 57.6 Å². The lowest BCUT2D eigenvalue weighted by atomic mass is 10.0. The molecule has 1 saturated heterocycles. The van der Waals surface area contributed by atoms with E-state index in [1.165, 1.54) is 18.7 Å². The number of urea groups is 1. The molecule has 0 saturated carbocycles. The highest BCUT2D eigenvalue weighted by molar-refractivity contribution is 9.10. The van der Waals surface area contributed by atoms with Crippen molar-refractivity contribution in [3.8, 4) is 5.75 Å². The zero-order valence-corrected chi connectivity index (χ0v) is 18.9. The molecule has 0 bridgehead atoms. The molecule has 3 rings (SSSR count). The highest BCUT2D eigenvalue weighted by atomic mass is 79.9. The lowest BCUT2D eigenvalue weighted by Gasteiger charge is -2.25. The van der Waals surface area contributed by atoms with Crippen LogP contribution in [-0.2, 0) is 11.3 Å². The smallest absolute Gasteiger partial charge is 0.347 e. The highest BCUT2D eigenvalue weighted by Gasteiger charge is 2.37. The number of aliphatic hydroxyl groups is 1. The van der Waals surface area contributed by atoms with Crippen LogP contribution in [0.15, 0.2) is 40.9 Å². The Bertz CT molecular complexity index is 951. The molecule has 0 aromatic heterocycles. The molecule has 30 heavy (non-hydrogen) atoms. The van der Waals surface area contributed by atoms with Crippen molar-refractivity contribution >= 4 is 33.6 Å². The third kappa shape index (κ3) is 4.44. The summed E-state index contributed by atoms with van der Waals surface area (Å²) in [5, 5.41) is 19.8. The molecule has 1 atom stereocenters.